The van der Waals surface area contributed by atoms with Crippen LogP contribution in [0.25, 0.3) is 0 Å². The fourth-order valence-corrected chi connectivity index (χ4v) is 2.99. The number of benzene rings is 1. The van der Waals surface area contributed by atoms with E-state index in [1.807, 2.05) is 0 Å². The molecule has 63 valence electrons. The van der Waals surface area contributed by atoms with E-state index < -0.39 is 8.07 Å². The Bertz CT molecular complexity index is 264. The Morgan fingerprint density at radius 3 is 2.08 bits per heavy atom. The Hall–Kier alpha value is -0.346. The van der Waals surface area contributed by atoms with Crippen molar-refractivity contribution < 1.29 is 0 Å². The van der Waals surface area contributed by atoms with E-state index in [9.17, 15) is 0 Å². The Morgan fingerprint density at radius 1 is 1.08 bits per heavy atom. The van der Waals surface area contributed by atoms with Crippen molar-refractivity contribution in [2.45, 2.75) is 26.6 Å². The fraction of sp³-hybridized carbons (Fsp3) is 0.400. The van der Waals surface area contributed by atoms with Crippen molar-refractivity contribution in [3.63, 3.8) is 0 Å². The molecule has 0 bridgehead atoms. The van der Waals surface area contributed by atoms with Gasteiger partial charge in [-0.05, 0) is 6.92 Å². The molecule has 0 saturated carbocycles. The van der Waals surface area contributed by atoms with E-state index >= 15 is 0 Å². The maximum absolute atomic E-state index is 3.58. The van der Waals surface area contributed by atoms with Crippen LogP contribution in [0.15, 0.2) is 18.2 Å². The Labute approximate surface area is 79.4 Å². The van der Waals surface area contributed by atoms with Gasteiger partial charge < -0.3 is 0 Å². The summed E-state index contributed by atoms with van der Waals surface area (Å²) in [6.45, 7) is 9.25. The molecule has 1 rings (SSSR count). The van der Waals surface area contributed by atoms with Gasteiger partial charge in [0.15, 0.2) is 0 Å². The van der Waals surface area contributed by atoms with Crippen LogP contribution < -0.4 is 10.4 Å². The highest BCUT2D eigenvalue weighted by molar-refractivity contribution is 6.88. The lowest BCUT2D eigenvalue weighted by molar-refractivity contribution is 1.50. The maximum atomic E-state index is 3.58. The van der Waals surface area contributed by atoms with Gasteiger partial charge in [-0.1, -0.05) is 53.8 Å². The molecule has 1 aromatic carbocycles. The van der Waals surface area contributed by atoms with E-state index in [1.54, 1.807) is 0 Å². The van der Waals surface area contributed by atoms with Crippen LogP contribution in [-0.2, 0) is 0 Å². The zero-order valence-corrected chi connectivity index (χ0v) is 10.2. The molecule has 0 fully saturated rings. The van der Waals surface area contributed by atoms with Crippen molar-refractivity contribution in [1.82, 2.24) is 0 Å². The second-order valence-electron chi connectivity index (χ2n) is 4.34. The predicted molar refractivity (Wildman–Crippen MR) is 59.5 cm³/mol. The fourth-order valence-electron chi connectivity index (χ4n) is 1.22. The summed E-state index contributed by atoms with van der Waals surface area (Å²) >= 11 is 0. The van der Waals surface area contributed by atoms with Crippen molar-refractivity contribution in [3.8, 4) is 0 Å². The van der Waals surface area contributed by atoms with E-state index in [2.05, 4.69) is 55.0 Å². The van der Waals surface area contributed by atoms with Gasteiger partial charge in [0.05, 0.1) is 18.3 Å². The van der Waals surface area contributed by atoms with Crippen LogP contribution in [0.2, 0.25) is 19.6 Å². The molecule has 0 aromatic heterocycles. The third kappa shape index (κ3) is 2.32. The molecule has 12 heavy (non-hydrogen) atoms. The smallest absolute Gasteiger partial charge is 0.0672 e. The zero-order valence-electron chi connectivity index (χ0n) is 8.23. The summed E-state index contributed by atoms with van der Waals surface area (Å²) in [6, 6.07) is 6.70. The SMILES string of the molecule is Cc1cc([Si])cc([Si](C)(C)C)c1. The summed E-state index contributed by atoms with van der Waals surface area (Å²) in [7, 11) is 2.45. The molecular formula is C10H15Si2. The highest BCUT2D eigenvalue weighted by Crippen LogP contribution is 2.02. The van der Waals surface area contributed by atoms with Gasteiger partial charge in [-0.15, -0.1) is 0 Å². The van der Waals surface area contributed by atoms with Crippen LogP contribution in [0.4, 0.5) is 0 Å². The van der Waals surface area contributed by atoms with Crippen LogP contribution in [-0.4, -0.2) is 18.3 Å². The predicted octanol–water partition coefficient (Wildman–Crippen LogP) is 1.33. The molecule has 0 aliphatic heterocycles. The first-order chi connectivity index (χ1) is 5.39. The number of aryl methyl sites for hydroxylation is 1. The van der Waals surface area contributed by atoms with E-state index in [0.717, 1.165) is 0 Å². The first kappa shape index (κ1) is 9.74. The summed E-state index contributed by atoms with van der Waals surface area (Å²) in [5.74, 6) is 0. The molecule has 0 N–H and O–H groups in total. The van der Waals surface area contributed by atoms with Gasteiger partial charge in [-0.3, -0.25) is 0 Å². The lowest BCUT2D eigenvalue weighted by Crippen LogP contribution is -2.39. The second-order valence-corrected chi connectivity index (χ2v) is 9.99. The number of hydrogen-bond donors (Lipinski definition) is 0. The van der Waals surface area contributed by atoms with Crippen LogP contribution in [0.3, 0.4) is 0 Å². The zero-order chi connectivity index (χ0) is 9.35. The largest absolute Gasteiger partial charge is 0.0775 e. The summed E-state index contributed by atoms with van der Waals surface area (Å²) in [4.78, 5) is 0. The molecule has 0 saturated heterocycles. The Kier molecular flexibility index (Phi) is 2.59. The molecule has 3 radical (unpaired) electrons. The molecular weight excluding hydrogens is 176 g/mol. The minimum absolute atomic E-state index is 1.13. The highest BCUT2D eigenvalue weighted by Gasteiger charge is 2.16. The van der Waals surface area contributed by atoms with Crippen LogP contribution >= 0.6 is 0 Å². The maximum Gasteiger partial charge on any atom is 0.0775 e. The molecule has 2 heteroatoms. The summed E-state index contributed by atoms with van der Waals surface area (Å²) < 4.78 is 0. The standard InChI is InChI=1S/C10H15Si2/c1-8-5-9(11)7-10(6-8)12(2,3)4/h5-7H,1-4H3. The summed E-state index contributed by atoms with van der Waals surface area (Å²) in [5.41, 5.74) is 1.35. The monoisotopic (exact) mass is 191 g/mol. The van der Waals surface area contributed by atoms with Crippen LogP contribution in [0.1, 0.15) is 5.56 Å². The van der Waals surface area contributed by atoms with Crippen molar-refractivity contribution >= 4 is 28.7 Å². The van der Waals surface area contributed by atoms with E-state index in [-0.39, 0.29) is 0 Å². The first-order valence-corrected chi connectivity index (χ1v) is 8.23. The molecule has 0 aliphatic rings. The van der Waals surface area contributed by atoms with E-state index in [1.165, 1.54) is 15.9 Å². The molecule has 0 aliphatic carbocycles. The van der Waals surface area contributed by atoms with Gasteiger partial charge in [-0.2, -0.15) is 0 Å². The molecule has 0 nitrogen and oxygen atoms in total. The van der Waals surface area contributed by atoms with Gasteiger partial charge >= 0.3 is 0 Å². The molecule has 0 unspecified atom stereocenters. The van der Waals surface area contributed by atoms with Crippen molar-refractivity contribution in [1.29, 1.82) is 0 Å². The van der Waals surface area contributed by atoms with Gasteiger partial charge in [0.1, 0.15) is 0 Å². The normalized spacial score (nSPS) is 11.8. The molecule has 0 heterocycles. The average molecular weight is 191 g/mol. The second kappa shape index (κ2) is 3.19. The molecule has 0 atom stereocenters. The Balaban J connectivity index is 3.18. The topological polar surface area (TPSA) is 0 Å². The lowest BCUT2D eigenvalue weighted by atomic mass is 10.2. The quantitative estimate of drug-likeness (QED) is 0.588. The van der Waals surface area contributed by atoms with Gasteiger partial charge in [0.2, 0.25) is 0 Å². The molecule has 0 spiro atoms. The summed E-state index contributed by atoms with van der Waals surface area (Å²) in [6.07, 6.45) is 0. The highest BCUT2D eigenvalue weighted by atomic mass is 28.3. The minimum atomic E-state index is -1.13. The lowest BCUT2D eigenvalue weighted by Gasteiger charge is -2.17. The number of hydrogen-bond acceptors (Lipinski definition) is 0. The van der Waals surface area contributed by atoms with Crippen molar-refractivity contribution in [2.24, 2.45) is 0 Å². The van der Waals surface area contributed by atoms with Gasteiger partial charge in [0.25, 0.3) is 0 Å². The third-order valence-corrected chi connectivity index (χ3v) is 4.25. The third-order valence-electron chi connectivity index (χ3n) is 1.94. The van der Waals surface area contributed by atoms with Gasteiger partial charge in [-0.25, -0.2) is 0 Å². The van der Waals surface area contributed by atoms with Crippen LogP contribution in [0, 0.1) is 6.92 Å². The van der Waals surface area contributed by atoms with Crippen molar-refractivity contribution in [2.75, 3.05) is 0 Å². The average Bonchev–Trinajstić information content (AvgIpc) is 1.82. The van der Waals surface area contributed by atoms with Crippen LogP contribution in [0.5, 0.6) is 0 Å². The molecule has 0 amide bonds. The Morgan fingerprint density at radius 2 is 1.67 bits per heavy atom. The van der Waals surface area contributed by atoms with Crippen molar-refractivity contribution in [3.05, 3.63) is 23.8 Å². The van der Waals surface area contributed by atoms with E-state index in [4.69, 9.17) is 0 Å². The van der Waals surface area contributed by atoms with E-state index in [0.29, 0.717) is 0 Å². The minimum Gasteiger partial charge on any atom is -0.0672 e. The van der Waals surface area contributed by atoms with Gasteiger partial charge in [0, 0.05) is 0 Å². The first-order valence-electron chi connectivity index (χ1n) is 4.23. The number of rotatable bonds is 1. The molecule has 1 aromatic rings. The summed E-state index contributed by atoms with van der Waals surface area (Å²) in [5, 5.41) is 2.72.